The third kappa shape index (κ3) is 4.43. The summed E-state index contributed by atoms with van der Waals surface area (Å²) in [7, 11) is 0. The molecular formula is C22H20ClN5O5. The first-order valence-electron chi connectivity index (χ1n) is 10.2. The Morgan fingerprint density at radius 3 is 2.67 bits per heavy atom. The van der Waals surface area contributed by atoms with E-state index in [4.69, 9.17) is 17.3 Å². The van der Waals surface area contributed by atoms with Crippen molar-refractivity contribution in [1.29, 1.82) is 0 Å². The van der Waals surface area contributed by atoms with Crippen molar-refractivity contribution in [2.45, 2.75) is 32.0 Å². The van der Waals surface area contributed by atoms with Gasteiger partial charge in [-0.3, -0.25) is 29.8 Å². The number of imide groups is 2. The third-order valence-electron chi connectivity index (χ3n) is 5.56. The molecule has 170 valence electrons. The van der Waals surface area contributed by atoms with Gasteiger partial charge in [-0.2, -0.15) is 0 Å². The van der Waals surface area contributed by atoms with Gasteiger partial charge in [0.25, 0.3) is 11.8 Å². The maximum Gasteiger partial charge on any atom is 0.326 e. The zero-order valence-electron chi connectivity index (χ0n) is 17.3. The Bertz CT molecular complexity index is 1200. The topological polar surface area (TPSA) is 151 Å². The molecule has 33 heavy (non-hydrogen) atoms. The highest BCUT2D eigenvalue weighted by molar-refractivity contribution is 6.31. The first kappa shape index (κ1) is 22.4. The first-order chi connectivity index (χ1) is 15.8. The summed E-state index contributed by atoms with van der Waals surface area (Å²) in [6.07, 6.45) is 0.333. The van der Waals surface area contributed by atoms with Gasteiger partial charge in [-0.05, 0) is 35.7 Å². The van der Waals surface area contributed by atoms with Gasteiger partial charge in [0.05, 0.1) is 11.1 Å². The van der Waals surface area contributed by atoms with E-state index in [1.54, 1.807) is 24.3 Å². The van der Waals surface area contributed by atoms with E-state index in [0.29, 0.717) is 21.8 Å². The predicted molar refractivity (Wildman–Crippen MR) is 118 cm³/mol. The molecule has 1 unspecified atom stereocenters. The number of fused-ring (bicyclic) bond motifs is 1. The monoisotopic (exact) mass is 469 g/mol. The van der Waals surface area contributed by atoms with Crippen LogP contribution in [0.15, 0.2) is 36.4 Å². The van der Waals surface area contributed by atoms with Crippen LogP contribution in [0.5, 0.6) is 0 Å². The quantitative estimate of drug-likeness (QED) is 0.498. The normalized spacial score (nSPS) is 17.5. The molecular weight excluding hydrogens is 450 g/mol. The maximum atomic E-state index is 13.1. The molecule has 0 radical (unpaired) electrons. The van der Waals surface area contributed by atoms with Gasteiger partial charge >= 0.3 is 6.03 Å². The number of nitrogens with zero attached hydrogens (tertiary/aromatic N) is 1. The number of piperidine rings is 1. The molecule has 11 heteroatoms. The summed E-state index contributed by atoms with van der Waals surface area (Å²) >= 11 is 6.08. The van der Waals surface area contributed by atoms with Gasteiger partial charge in [-0.25, -0.2) is 4.79 Å². The number of carbonyl (C=O) groups is 5. The number of amides is 6. The molecule has 0 aromatic heterocycles. The van der Waals surface area contributed by atoms with E-state index in [-0.39, 0.29) is 43.0 Å². The van der Waals surface area contributed by atoms with Crippen LogP contribution in [0.25, 0.3) is 0 Å². The molecule has 6 amide bonds. The number of halogens is 1. The van der Waals surface area contributed by atoms with Gasteiger partial charge in [0.1, 0.15) is 6.04 Å². The fourth-order valence-electron chi connectivity index (χ4n) is 3.93. The Labute approximate surface area is 193 Å². The van der Waals surface area contributed by atoms with E-state index >= 15 is 0 Å². The summed E-state index contributed by atoms with van der Waals surface area (Å²) in [4.78, 5) is 63.2. The number of hydrogen-bond acceptors (Lipinski definition) is 6. The van der Waals surface area contributed by atoms with Gasteiger partial charge in [-0.1, -0.05) is 29.8 Å². The third-order valence-corrected chi connectivity index (χ3v) is 5.91. The summed E-state index contributed by atoms with van der Waals surface area (Å²) in [5, 5.41) is 7.32. The lowest BCUT2D eigenvalue weighted by Gasteiger charge is -2.29. The Balaban J connectivity index is 1.48. The number of anilines is 1. The van der Waals surface area contributed by atoms with E-state index in [9.17, 15) is 24.0 Å². The number of rotatable bonds is 4. The van der Waals surface area contributed by atoms with E-state index in [1.165, 1.54) is 17.0 Å². The Morgan fingerprint density at radius 2 is 1.97 bits per heavy atom. The summed E-state index contributed by atoms with van der Waals surface area (Å²) in [6, 6.07) is 7.86. The lowest BCUT2D eigenvalue weighted by Crippen LogP contribution is -2.52. The van der Waals surface area contributed by atoms with Crippen LogP contribution in [0.2, 0.25) is 5.02 Å². The zero-order chi connectivity index (χ0) is 23.7. The largest absolute Gasteiger partial charge is 0.326 e. The van der Waals surface area contributed by atoms with Crippen LogP contribution in [0, 0.1) is 0 Å². The van der Waals surface area contributed by atoms with Crippen LogP contribution < -0.4 is 21.7 Å². The Hall–Kier alpha value is -3.76. The second kappa shape index (κ2) is 9.00. The molecule has 0 bridgehead atoms. The standard InChI is InChI=1S/C22H20ClN5O5/c23-15-8-13(5-4-11(15)9-24)25-22(33)27-19(30)14-3-1-2-12-10-28(21(32)18(12)14)16-6-7-17(29)26-20(16)31/h1-5,8,16H,6-7,9-10,24H2,(H,26,29,31)(H2,25,27,30,33). The molecule has 2 aliphatic rings. The summed E-state index contributed by atoms with van der Waals surface area (Å²) in [6.45, 7) is 0.368. The van der Waals surface area contributed by atoms with Gasteiger partial charge in [0.2, 0.25) is 11.8 Å². The van der Waals surface area contributed by atoms with Crippen molar-refractivity contribution in [1.82, 2.24) is 15.5 Å². The van der Waals surface area contributed by atoms with E-state index < -0.39 is 29.8 Å². The SMILES string of the molecule is NCc1ccc(NC(=O)NC(=O)c2cccc3c2C(=O)N(C2CCC(=O)NC2=O)C3)cc1Cl. The highest BCUT2D eigenvalue weighted by Gasteiger charge is 2.40. The molecule has 0 saturated carbocycles. The minimum absolute atomic E-state index is 0.0129. The Kier molecular flexibility index (Phi) is 6.12. The average molecular weight is 470 g/mol. The van der Waals surface area contributed by atoms with Crippen molar-refractivity contribution >= 4 is 46.9 Å². The van der Waals surface area contributed by atoms with Crippen molar-refractivity contribution in [3.8, 4) is 0 Å². The number of nitrogens with two attached hydrogens (primary N) is 1. The van der Waals surface area contributed by atoms with Gasteiger partial charge in [0, 0.05) is 30.2 Å². The summed E-state index contributed by atoms with van der Waals surface area (Å²) in [5.74, 6) is -2.20. The zero-order valence-corrected chi connectivity index (χ0v) is 18.1. The van der Waals surface area contributed by atoms with Crippen LogP contribution in [0.3, 0.4) is 0 Å². The van der Waals surface area contributed by atoms with Crippen molar-refractivity contribution in [3.63, 3.8) is 0 Å². The number of urea groups is 1. The molecule has 2 aromatic rings. The van der Waals surface area contributed by atoms with E-state index in [0.717, 1.165) is 0 Å². The molecule has 0 spiro atoms. The molecule has 1 atom stereocenters. The molecule has 2 aliphatic heterocycles. The highest BCUT2D eigenvalue weighted by atomic mass is 35.5. The minimum atomic E-state index is -0.804. The molecule has 1 saturated heterocycles. The van der Waals surface area contributed by atoms with Gasteiger partial charge in [0.15, 0.2) is 0 Å². The molecule has 2 heterocycles. The fourth-order valence-corrected chi connectivity index (χ4v) is 4.18. The van der Waals surface area contributed by atoms with Crippen LogP contribution >= 0.6 is 11.6 Å². The van der Waals surface area contributed by atoms with Crippen molar-refractivity contribution in [2.24, 2.45) is 5.73 Å². The maximum absolute atomic E-state index is 13.1. The van der Waals surface area contributed by atoms with E-state index in [1.807, 2.05) is 0 Å². The van der Waals surface area contributed by atoms with E-state index in [2.05, 4.69) is 16.0 Å². The summed E-state index contributed by atoms with van der Waals surface area (Å²) in [5.41, 5.74) is 7.33. The molecule has 2 aromatic carbocycles. The predicted octanol–water partition coefficient (Wildman–Crippen LogP) is 1.52. The molecule has 1 fully saturated rings. The van der Waals surface area contributed by atoms with Crippen molar-refractivity contribution in [3.05, 3.63) is 63.7 Å². The van der Waals surface area contributed by atoms with Crippen molar-refractivity contribution in [2.75, 3.05) is 5.32 Å². The van der Waals surface area contributed by atoms with Crippen LogP contribution in [0.4, 0.5) is 10.5 Å². The highest BCUT2D eigenvalue weighted by Crippen LogP contribution is 2.30. The fraction of sp³-hybridized carbons (Fsp3) is 0.227. The number of nitrogens with one attached hydrogen (secondary N) is 3. The Morgan fingerprint density at radius 1 is 1.18 bits per heavy atom. The molecule has 10 nitrogen and oxygen atoms in total. The number of hydrogen-bond donors (Lipinski definition) is 4. The lowest BCUT2D eigenvalue weighted by molar-refractivity contribution is -0.136. The summed E-state index contributed by atoms with van der Waals surface area (Å²) < 4.78 is 0. The van der Waals surface area contributed by atoms with Crippen molar-refractivity contribution < 1.29 is 24.0 Å². The molecule has 0 aliphatic carbocycles. The molecule has 4 rings (SSSR count). The second-order valence-corrected chi connectivity index (χ2v) is 8.07. The second-order valence-electron chi connectivity index (χ2n) is 7.66. The lowest BCUT2D eigenvalue weighted by atomic mass is 10.0. The average Bonchev–Trinajstić information content (AvgIpc) is 3.10. The first-order valence-corrected chi connectivity index (χ1v) is 10.5. The van der Waals surface area contributed by atoms with Gasteiger partial charge < -0.3 is 16.0 Å². The number of benzene rings is 2. The minimum Gasteiger partial charge on any atom is -0.326 e. The number of carbonyl (C=O) groups excluding carboxylic acids is 5. The smallest absolute Gasteiger partial charge is 0.326 e. The van der Waals surface area contributed by atoms with Gasteiger partial charge in [-0.15, -0.1) is 0 Å². The van der Waals surface area contributed by atoms with Crippen LogP contribution in [-0.4, -0.2) is 40.6 Å². The van der Waals surface area contributed by atoms with Crippen LogP contribution in [0.1, 0.15) is 44.7 Å². The molecule has 5 N–H and O–H groups in total. The van der Waals surface area contributed by atoms with Crippen LogP contribution in [-0.2, 0) is 22.7 Å².